The Morgan fingerprint density at radius 2 is 1.88 bits per heavy atom. The van der Waals surface area contributed by atoms with Crippen molar-refractivity contribution in [3.8, 4) is 0 Å². The van der Waals surface area contributed by atoms with E-state index in [1.165, 1.54) is 0 Å². The third-order valence-electron chi connectivity index (χ3n) is 3.66. The van der Waals surface area contributed by atoms with Crippen LogP contribution in [-0.4, -0.2) is 30.7 Å². The van der Waals surface area contributed by atoms with Crippen molar-refractivity contribution < 1.29 is 14.3 Å². The van der Waals surface area contributed by atoms with Gasteiger partial charge < -0.3 is 16.2 Å². The van der Waals surface area contributed by atoms with Gasteiger partial charge in [-0.05, 0) is 30.9 Å². The highest BCUT2D eigenvalue weighted by Crippen LogP contribution is 2.16. The number of nitrogens with zero attached hydrogens (tertiary/aromatic N) is 1. The number of Topliss-reactive ketones (excluding diaryl/α,β-unsaturated/α-hetero) is 1. The first-order valence-electron chi connectivity index (χ1n) is 8.51. The molecule has 142 valence electrons. The van der Waals surface area contributed by atoms with Crippen LogP contribution in [0.2, 0.25) is 5.02 Å². The van der Waals surface area contributed by atoms with Crippen LogP contribution < -0.4 is 11.5 Å². The minimum Gasteiger partial charge on any atom is -0.454 e. The molecule has 0 aliphatic rings. The van der Waals surface area contributed by atoms with Crippen molar-refractivity contribution in [3.05, 3.63) is 46.1 Å². The van der Waals surface area contributed by atoms with Crippen LogP contribution >= 0.6 is 11.6 Å². The number of aliphatic imine (C=N–C) groups is 1. The second kappa shape index (κ2) is 10.6. The summed E-state index contributed by atoms with van der Waals surface area (Å²) in [6, 6.07) is 6.55. The highest BCUT2D eigenvalue weighted by Gasteiger charge is 2.21. The summed E-state index contributed by atoms with van der Waals surface area (Å²) in [5.41, 5.74) is 12.4. The molecule has 7 heteroatoms. The number of benzene rings is 1. The summed E-state index contributed by atoms with van der Waals surface area (Å²) in [6.45, 7) is 5.95. The minimum atomic E-state index is -0.768. The van der Waals surface area contributed by atoms with Gasteiger partial charge in [-0.25, -0.2) is 4.79 Å². The van der Waals surface area contributed by atoms with Crippen LogP contribution in [0.5, 0.6) is 0 Å². The summed E-state index contributed by atoms with van der Waals surface area (Å²) >= 11 is 5.97. The number of hydrogen-bond acceptors (Lipinski definition) is 5. The van der Waals surface area contributed by atoms with Crippen LogP contribution in [0, 0.1) is 5.92 Å². The lowest BCUT2D eigenvalue weighted by Crippen LogP contribution is -2.28. The summed E-state index contributed by atoms with van der Waals surface area (Å²) in [7, 11) is 0. The molecule has 0 heterocycles. The van der Waals surface area contributed by atoms with Gasteiger partial charge in [0.15, 0.2) is 6.61 Å². The van der Waals surface area contributed by atoms with Gasteiger partial charge in [0.25, 0.3) is 0 Å². The van der Waals surface area contributed by atoms with Crippen molar-refractivity contribution in [2.75, 3.05) is 13.2 Å². The fourth-order valence-electron chi connectivity index (χ4n) is 2.07. The second-order valence-corrected chi connectivity index (χ2v) is 6.59. The van der Waals surface area contributed by atoms with E-state index >= 15 is 0 Å². The highest BCUT2D eigenvalue weighted by molar-refractivity contribution is 6.34. The van der Waals surface area contributed by atoms with Crippen LogP contribution in [0.3, 0.4) is 0 Å². The number of carbonyl (C=O) groups excluding carboxylic acids is 2. The Bertz CT molecular complexity index is 712. The predicted molar refractivity (Wildman–Crippen MR) is 104 cm³/mol. The minimum absolute atomic E-state index is 0.0169. The number of allylic oxidation sites excluding steroid dienone is 1. The summed E-state index contributed by atoms with van der Waals surface area (Å²) < 4.78 is 5.10. The number of esters is 1. The molecule has 1 rings (SSSR count). The van der Waals surface area contributed by atoms with Crippen LogP contribution in [0.1, 0.15) is 44.0 Å². The fourth-order valence-corrected chi connectivity index (χ4v) is 2.31. The fraction of sp³-hybridized carbons (Fsp3) is 0.421. The van der Waals surface area contributed by atoms with Crippen molar-refractivity contribution >= 4 is 29.2 Å². The Balaban J connectivity index is 2.85. The monoisotopic (exact) mass is 379 g/mol. The Hall–Kier alpha value is -2.34. The van der Waals surface area contributed by atoms with E-state index in [-0.39, 0.29) is 22.7 Å². The molecular weight excluding hydrogens is 354 g/mol. The van der Waals surface area contributed by atoms with E-state index in [9.17, 15) is 9.59 Å². The van der Waals surface area contributed by atoms with Crippen molar-refractivity contribution in [2.24, 2.45) is 22.4 Å². The first kappa shape index (κ1) is 21.7. The lowest BCUT2D eigenvalue weighted by Gasteiger charge is -2.11. The van der Waals surface area contributed by atoms with Crippen LogP contribution in [0.4, 0.5) is 0 Å². The summed E-state index contributed by atoms with van der Waals surface area (Å²) in [5.74, 6) is -0.688. The Morgan fingerprint density at radius 1 is 1.23 bits per heavy atom. The van der Waals surface area contributed by atoms with Gasteiger partial charge in [0, 0.05) is 17.8 Å². The summed E-state index contributed by atoms with van der Waals surface area (Å²) in [5, 5.41) is 0.298. The zero-order valence-electron chi connectivity index (χ0n) is 15.4. The van der Waals surface area contributed by atoms with Crippen LogP contribution in [-0.2, 0) is 9.53 Å². The number of amidine groups is 1. The molecule has 0 aliphatic heterocycles. The Labute approximate surface area is 159 Å². The highest BCUT2D eigenvalue weighted by atomic mass is 35.5. The van der Waals surface area contributed by atoms with Crippen molar-refractivity contribution in [1.82, 2.24) is 0 Å². The number of rotatable bonds is 9. The maximum atomic E-state index is 12.4. The van der Waals surface area contributed by atoms with Crippen molar-refractivity contribution in [3.63, 3.8) is 0 Å². The van der Waals surface area contributed by atoms with Gasteiger partial charge in [-0.1, -0.05) is 44.5 Å². The lowest BCUT2D eigenvalue weighted by atomic mass is 10.1. The topological polar surface area (TPSA) is 108 Å². The first-order chi connectivity index (χ1) is 12.3. The Kier molecular flexibility index (Phi) is 8.85. The molecule has 0 aliphatic carbocycles. The maximum Gasteiger partial charge on any atom is 0.344 e. The molecule has 0 saturated heterocycles. The molecule has 6 nitrogen and oxygen atoms in total. The number of ketones is 1. The number of ether oxygens (including phenoxy) is 1. The number of halogens is 1. The van der Waals surface area contributed by atoms with Crippen LogP contribution in [0.25, 0.3) is 0 Å². The smallest absolute Gasteiger partial charge is 0.344 e. The average molecular weight is 380 g/mol. The molecule has 1 aromatic carbocycles. The molecule has 1 aromatic rings. The zero-order chi connectivity index (χ0) is 19.7. The molecular formula is C19H26ClN3O3. The van der Waals surface area contributed by atoms with Crippen molar-refractivity contribution in [1.29, 1.82) is 0 Å². The molecule has 0 amide bonds. The predicted octanol–water partition coefficient (Wildman–Crippen LogP) is 3.09. The number of carbonyl (C=O) groups is 2. The van der Waals surface area contributed by atoms with E-state index in [4.69, 9.17) is 27.8 Å². The zero-order valence-corrected chi connectivity index (χ0v) is 16.2. The SMILES string of the molecule is CCC(N)=C(C(=O)OCC(=O)c1ccccc1Cl)C(N)=NCCC(C)C. The van der Waals surface area contributed by atoms with Gasteiger partial charge in [0.05, 0.1) is 5.02 Å². The van der Waals surface area contributed by atoms with E-state index in [0.29, 0.717) is 23.9 Å². The van der Waals surface area contributed by atoms with E-state index in [0.717, 1.165) is 6.42 Å². The molecule has 0 unspecified atom stereocenters. The van der Waals surface area contributed by atoms with E-state index in [2.05, 4.69) is 18.8 Å². The van der Waals surface area contributed by atoms with Gasteiger partial charge in [-0.3, -0.25) is 9.79 Å². The largest absolute Gasteiger partial charge is 0.454 e. The quantitative estimate of drug-likeness (QED) is 0.225. The molecule has 26 heavy (non-hydrogen) atoms. The number of hydrogen-bond donors (Lipinski definition) is 2. The molecule has 0 aromatic heterocycles. The number of nitrogens with two attached hydrogens (primary N) is 2. The van der Waals surface area contributed by atoms with E-state index in [1.54, 1.807) is 31.2 Å². The van der Waals surface area contributed by atoms with Gasteiger partial charge in [-0.15, -0.1) is 0 Å². The lowest BCUT2D eigenvalue weighted by molar-refractivity contribution is -0.137. The Morgan fingerprint density at radius 3 is 2.46 bits per heavy atom. The molecule has 0 saturated carbocycles. The summed E-state index contributed by atoms with van der Waals surface area (Å²) in [6.07, 6.45) is 1.24. The average Bonchev–Trinajstić information content (AvgIpc) is 2.59. The van der Waals surface area contributed by atoms with Gasteiger partial charge in [0.1, 0.15) is 11.4 Å². The van der Waals surface area contributed by atoms with E-state index < -0.39 is 18.4 Å². The molecule has 0 atom stereocenters. The molecule has 0 radical (unpaired) electrons. The van der Waals surface area contributed by atoms with Gasteiger partial charge >= 0.3 is 5.97 Å². The molecule has 0 fully saturated rings. The second-order valence-electron chi connectivity index (χ2n) is 6.18. The standard InChI is InChI=1S/C19H26ClN3O3/c1-4-15(21)17(18(22)23-10-9-12(2)3)19(25)26-11-16(24)13-7-5-6-8-14(13)20/h5-8,12H,4,9-11,21H2,1-3H3,(H2,22,23). The summed E-state index contributed by atoms with van der Waals surface area (Å²) in [4.78, 5) is 28.8. The molecule has 0 spiro atoms. The van der Waals surface area contributed by atoms with Crippen molar-refractivity contribution in [2.45, 2.75) is 33.6 Å². The third kappa shape index (κ3) is 6.52. The normalized spacial score (nSPS) is 12.7. The maximum absolute atomic E-state index is 12.4. The third-order valence-corrected chi connectivity index (χ3v) is 3.99. The van der Waals surface area contributed by atoms with Gasteiger partial charge in [0.2, 0.25) is 5.78 Å². The van der Waals surface area contributed by atoms with Gasteiger partial charge in [-0.2, -0.15) is 0 Å². The first-order valence-corrected chi connectivity index (χ1v) is 8.89. The molecule has 4 N–H and O–H groups in total. The molecule has 0 bridgehead atoms. The van der Waals surface area contributed by atoms with E-state index in [1.807, 2.05) is 0 Å². The van der Waals surface area contributed by atoms with Crippen LogP contribution in [0.15, 0.2) is 40.5 Å².